The molecule has 6 heteroatoms. The van der Waals surface area contributed by atoms with Gasteiger partial charge in [0.25, 0.3) is 5.91 Å². The van der Waals surface area contributed by atoms with Gasteiger partial charge in [0, 0.05) is 18.2 Å². The van der Waals surface area contributed by atoms with Gasteiger partial charge in [0.05, 0.1) is 16.0 Å². The maximum absolute atomic E-state index is 12.4. The minimum atomic E-state index is -0.793. The number of likely N-dealkylation sites (tertiary alicyclic amines) is 1. The molecule has 1 saturated heterocycles. The van der Waals surface area contributed by atoms with Crippen LogP contribution in [0.4, 0.5) is 0 Å². The van der Waals surface area contributed by atoms with Gasteiger partial charge in [-0.2, -0.15) is 0 Å². The Balaban J connectivity index is 2.13. The van der Waals surface area contributed by atoms with Crippen LogP contribution in [0.1, 0.15) is 30.1 Å². The predicted octanol–water partition coefficient (Wildman–Crippen LogP) is 3.32. The van der Waals surface area contributed by atoms with E-state index < -0.39 is 5.97 Å². The molecular weight excluding hydrogens is 301 g/mol. The van der Waals surface area contributed by atoms with Crippen LogP contribution in [0, 0.1) is 5.92 Å². The molecule has 0 spiro atoms. The SMILES string of the molecule is CC1CC(C(=O)O)CCN1C(=O)c1ccc(Cl)c(Cl)c1. The number of carboxylic acids is 1. The Labute approximate surface area is 127 Å². The number of hydrogen-bond donors (Lipinski definition) is 1. The van der Waals surface area contributed by atoms with Gasteiger partial charge in [0.15, 0.2) is 0 Å². The van der Waals surface area contributed by atoms with Crippen molar-refractivity contribution in [3.8, 4) is 0 Å². The lowest BCUT2D eigenvalue weighted by Crippen LogP contribution is -2.46. The zero-order valence-corrected chi connectivity index (χ0v) is 12.5. The standard InChI is InChI=1S/C14H15Cl2NO3/c1-8-6-10(14(19)20)4-5-17(8)13(18)9-2-3-11(15)12(16)7-9/h2-3,7-8,10H,4-6H2,1H3,(H,19,20). The number of carbonyl (C=O) groups excluding carboxylic acids is 1. The van der Waals surface area contributed by atoms with Crippen LogP contribution in [-0.4, -0.2) is 34.5 Å². The highest BCUT2D eigenvalue weighted by Gasteiger charge is 2.32. The minimum Gasteiger partial charge on any atom is -0.481 e. The Morgan fingerprint density at radius 1 is 1.30 bits per heavy atom. The number of halogens is 2. The van der Waals surface area contributed by atoms with Crippen molar-refractivity contribution >= 4 is 35.1 Å². The molecule has 20 heavy (non-hydrogen) atoms. The van der Waals surface area contributed by atoms with Crippen LogP contribution in [0.2, 0.25) is 10.0 Å². The van der Waals surface area contributed by atoms with Crippen molar-refractivity contribution in [1.29, 1.82) is 0 Å². The van der Waals surface area contributed by atoms with Gasteiger partial charge in [-0.25, -0.2) is 0 Å². The van der Waals surface area contributed by atoms with Crippen LogP contribution < -0.4 is 0 Å². The number of aliphatic carboxylic acids is 1. The summed E-state index contributed by atoms with van der Waals surface area (Å²) in [5.41, 5.74) is 0.472. The molecule has 1 aromatic carbocycles. The van der Waals surface area contributed by atoms with E-state index in [1.54, 1.807) is 23.1 Å². The molecular formula is C14H15Cl2NO3. The van der Waals surface area contributed by atoms with Crippen LogP contribution in [0.25, 0.3) is 0 Å². The fourth-order valence-corrected chi connectivity index (χ4v) is 2.79. The van der Waals surface area contributed by atoms with Crippen LogP contribution in [-0.2, 0) is 4.79 Å². The number of hydrogen-bond acceptors (Lipinski definition) is 2. The smallest absolute Gasteiger partial charge is 0.306 e. The molecule has 1 heterocycles. The lowest BCUT2D eigenvalue weighted by Gasteiger charge is -2.36. The first kappa shape index (κ1) is 15.1. The van der Waals surface area contributed by atoms with Crippen molar-refractivity contribution in [1.82, 2.24) is 4.90 Å². The molecule has 0 aromatic heterocycles. The average molecular weight is 316 g/mol. The molecule has 1 aliphatic rings. The van der Waals surface area contributed by atoms with Gasteiger partial charge >= 0.3 is 5.97 Å². The summed E-state index contributed by atoms with van der Waals surface area (Å²) in [6, 6.07) is 4.66. The van der Waals surface area contributed by atoms with E-state index in [1.807, 2.05) is 6.92 Å². The number of amides is 1. The molecule has 2 rings (SSSR count). The number of piperidine rings is 1. The lowest BCUT2D eigenvalue weighted by molar-refractivity contribution is -0.143. The molecule has 1 aromatic rings. The topological polar surface area (TPSA) is 57.6 Å². The molecule has 1 aliphatic heterocycles. The zero-order chi connectivity index (χ0) is 14.9. The van der Waals surface area contributed by atoms with Crippen LogP contribution >= 0.6 is 23.2 Å². The fraction of sp³-hybridized carbons (Fsp3) is 0.429. The molecule has 4 nitrogen and oxygen atoms in total. The Hall–Kier alpha value is -1.26. The summed E-state index contributed by atoms with van der Waals surface area (Å²) in [5.74, 6) is -1.30. The maximum Gasteiger partial charge on any atom is 0.306 e. The summed E-state index contributed by atoms with van der Waals surface area (Å²) in [6.07, 6.45) is 0.954. The van der Waals surface area contributed by atoms with Gasteiger partial charge in [0.2, 0.25) is 0 Å². The van der Waals surface area contributed by atoms with E-state index in [0.717, 1.165) is 0 Å². The van der Waals surface area contributed by atoms with Gasteiger partial charge in [-0.05, 0) is 38.0 Å². The first-order valence-corrected chi connectivity index (χ1v) is 7.14. The van der Waals surface area contributed by atoms with E-state index >= 15 is 0 Å². The second-order valence-electron chi connectivity index (χ2n) is 5.04. The third kappa shape index (κ3) is 3.07. The van der Waals surface area contributed by atoms with Crippen molar-refractivity contribution in [3.05, 3.63) is 33.8 Å². The van der Waals surface area contributed by atoms with Crippen LogP contribution in [0.3, 0.4) is 0 Å². The summed E-state index contributed by atoms with van der Waals surface area (Å²) in [4.78, 5) is 25.1. The average Bonchev–Trinajstić information content (AvgIpc) is 2.41. The second kappa shape index (κ2) is 6.02. The summed E-state index contributed by atoms with van der Waals surface area (Å²) in [5, 5.41) is 9.77. The van der Waals surface area contributed by atoms with E-state index in [0.29, 0.717) is 35.0 Å². The van der Waals surface area contributed by atoms with Crippen molar-refractivity contribution in [2.75, 3.05) is 6.54 Å². The lowest BCUT2D eigenvalue weighted by atomic mass is 9.91. The molecule has 0 radical (unpaired) electrons. The molecule has 2 unspecified atom stereocenters. The molecule has 1 N–H and O–H groups in total. The summed E-state index contributed by atoms with van der Waals surface area (Å²) in [6.45, 7) is 2.31. The fourth-order valence-electron chi connectivity index (χ4n) is 2.49. The Morgan fingerprint density at radius 2 is 2.00 bits per heavy atom. The minimum absolute atomic E-state index is 0.105. The van der Waals surface area contributed by atoms with Gasteiger partial charge in [0.1, 0.15) is 0 Å². The summed E-state index contributed by atoms with van der Waals surface area (Å²) >= 11 is 11.7. The van der Waals surface area contributed by atoms with Crippen LogP contribution in [0.15, 0.2) is 18.2 Å². The van der Waals surface area contributed by atoms with Gasteiger partial charge in [-0.15, -0.1) is 0 Å². The predicted molar refractivity (Wildman–Crippen MR) is 77.3 cm³/mol. The van der Waals surface area contributed by atoms with Gasteiger partial charge < -0.3 is 10.0 Å². The quantitative estimate of drug-likeness (QED) is 0.910. The van der Waals surface area contributed by atoms with Crippen molar-refractivity contribution in [2.24, 2.45) is 5.92 Å². The van der Waals surface area contributed by atoms with Gasteiger partial charge in [-0.1, -0.05) is 23.2 Å². The van der Waals surface area contributed by atoms with Crippen molar-refractivity contribution < 1.29 is 14.7 Å². The normalized spacial score (nSPS) is 22.6. The Kier molecular flexibility index (Phi) is 4.55. The highest BCUT2D eigenvalue weighted by Crippen LogP contribution is 2.27. The summed E-state index contributed by atoms with van der Waals surface area (Å²) in [7, 11) is 0. The molecule has 2 atom stereocenters. The number of carbonyl (C=O) groups is 2. The highest BCUT2D eigenvalue weighted by molar-refractivity contribution is 6.42. The third-order valence-electron chi connectivity index (χ3n) is 3.65. The monoisotopic (exact) mass is 315 g/mol. The van der Waals surface area contributed by atoms with E-state index in [4.69, 9.17) is 28.3 Å². The van der Waals surface area contributed by atoms with Gasteiger partial charge in [-0.3, -0.25) is 9.59 Å². The molecule has 1 fully saturated rings. The molecule has 0 saturated carbocycles. The number of nitrogens with zero attached hydrogens (tertiary/aromatic N) is 1. The van der Waals surface area contributed by atoms with E-state index in [2.05, 4.69) is 0 Å². The van der Waals surface area contributed by atoms with E-state index in [1.165, 1.54) is 0 Å². The Morgan fingerprint density at radius 3 is 2.55 bits per heavy atom. The van der Waals surface area contributed by atoms with Crippen molar-refractivity contribution in [2.45, 2.75) is 25.8 Å². The Bertz CT molecular complexity index is 547. The largest absolute Gasteiger partial charge is 0.481 e. The van der Waals surface area contributed by atoms with Crippen LogP contribution in [0.5, 0.6) is 0 Å². The van der Waals surface area contributed by atoms with E-state index in [9.17, 15) is 9.59 Å². The van der Waals surface area contributed by atoms with Crippen molar-refractivity contribution in [3.63, 3.8) is 0 Å². The number of rotatable bonds is 2. The first-order valence-electron chi connectivity index (χ1n) is 6.39. The summed E-state index contributed by atoms with van der Waals surface area (Å²) < 4.78 is 0. The number of carboxylic acid groups (broad SMARTS) is 1. The molecule has 1 amide bonds. The third-order valence-corrected chi connectivity index (χ3v) is 4.39. The molecule has 0 aliphatic carbocycles. The number of benzene rings is 1. The maximum atomic E-state index is 12.4. The molecule has 0 bridgehead atoms. The van der Waals surface area contributed by atoms with E-state index in [-0.39, 0.29) is 17.9 Å². The zero-order valence-electron chi connectivity index (χ0n) is 11.0. The molecule has 108 valence electrons. The first-order chi connectivity index (χ1) is 9.40. The highest BCUT2D eigenvalue weighted by atomic mass is 35.5. The second-order valence-corrected chi connectivity index (χ2v) is 5.85.